The molecule has 0 saturated carbocycles. The standard InChI is InChI=1S/C9H7Cl3N2O3/c10-4-1-3(2-5(11)6(4)12)14-9(17)7(15)8(13)16/h1-2,7,15H,(H2,13,16)(H,14,17). The van der Waals surface area contributed by atoms with Gasteiger partial charge in [-0.15, -0.1) is 0 Å². The molecule has 1 aromatic carbocycles. The summed E-state index contributed by atoms with van der Waals surface area (Å²) in [5.41, 5.74) is 4.94. The van der Waals surface area contributed by atoms with E-state index in [0.717, 1.165) is 0 Å². The van der Waals surface area contributed by atoms with Crippen LogP contribution in [0.4, 0.5) is 5.69 Å². The van der Waals surface area contributed by atoms with E-state index >= 15 is 0 Å². The van der Waals surface area contributed by atoms with Crippen molar-refractivity contribution in [1.29, 1.82) is 0 Å². The second-order valence-corrected chi connectivity index (χ2v) is 4.24. The quantitative estimate of drug-likeness (QED) is 0.582. The topological polar surface area (TPSA) is 92.4 Å². The van der Waals surface area contributed by atoms with E-state index in [1.807, 2.05) is 0 Å². The van der Waals surface area contributed by atoms with Gasteiger partial charge in [-0.25, -0.2) is 0 Å². The minimum absolute atomic E-state index is 0.128. The van der Waals surface area contributed by atoms with E-state index in [4.69, 9.17) is 45.6 Å². The van der Waals surface area contributed by atoms with Gasteiger partial charge < -0.3 is 16.2 Å². The van der Waals surface area contributed by atoms with Gasteiger partial charge >= 0.3 is 0 Å². The molecule has 1 atom stereocenters. The van der Waals surface area contributed by atoms with E-state index in [1.165, 1.54) is 12.1 Å². The molecule has 0 heterocycles. The summed E-state index contributed by atoms with van der Waals surface area (Å²) in [4.78, 5) is 21.8. The van der Waals surface area contributed by atoms with Gasteiger partial charge in [-0.05, 0) is 12.1 Å². The van der Waals surface area contributed by atoms with Crippen molar-refractivity contribution in [2.75, 3.05) is 5.32 Å². The number of hydrogen-bond donors (Lipinski definition) is 3. The van der Waals surface area contributed by atoms with Crippen molar-refractivity contribution < 1.29 is 14.7 Å². The predicted molar refractivity (Wildman–Crippen MR) is 65.3 cm³/mol. The fraction of sp³-hybridized carbons (Fsp3) is 0.111. The summed E-state index contributed by atoms with van der Waals surface area (Å²) < 4.78 is 0. The maximum absolute atomic E-state index is 11.3. The molecule has 1 unspecified atom stereocenters. The average Bonchev–Trinajstić information content (AvgIpc) is 2.24. The zero-order chi connectivity index (χ0) is 13.2. The summed E-state index contributed by atoms with van der Waals surface area (Å²) in [6, 6.07) is 2.64. The lowest BCUT2D eigenvalue weighted by atomic mass is 10.2. The van der Waals surface area contributed by atoms with Crippen molar-refractivity contribution in [1.82, 2.24) is 0 Å². The first kappa shape index (κ1) is 14.1. The summed E-state index contributed by atoms with van der Waals surface area (Å²) >= 11 is 17.1. The minimum atomic E-state index is -1.94. The molecule has 0 saturated heterocycles. The van der Waals surface area contributed by atoms with E-state index in [2.05, 4.69) is 5.32 Å². The van der Waals surface area contributed by atoms with Gasteiger partial charge in [-0.2, -0.15) is 0 Å². The van der Waals surface area contributed by atoms with Crippen LogP contribution in [-0.2, 0) is 9.59 Å². The molecule has 0 fully saturated rings. The van der Waals surface area contributed by atoms with Crippen LogP contribution < -0.4 is 11.1 Å². The Bertz CT molecular complexity index is 456. The molecule has 0 radical (unpaired) electrons. The number of nitrogens with one attached hydrogen (secondary N) is 1. The molecule has 0 aromatic heterocycles. The maximum atomic E-state index is 11.3. The van der Waals surface area contributed by atoms with Gasteiger partial charge in [0.05, 0.1) is 15.1 Å². The Morgan fingerprint density at radius 2 is 1.71 bits per heavy atom. The van der Waals surface area contributed by atoms with Gasteiger partial charge in [0.1, 0.15) is 0 Å². The molecular weight excluding hydrogens is 290 g/mol. The molecule has 4 N–H and O–H groups in total. The second kappa shape index (κ2) is 5.55. The predicted octanol–water partition coefficient (Wildman–Crippen LogP) is 1.43. The van der Waals surface area contributed by atoms with Gasteiger partial charge in [0.25, 0.3) is 11.8 Å². The lowest BCUT2D eigenvalue weighted by molar-refractivity contribution is -0.136. The third kappa shape index (κ3) is 3.47. The van der Waals surface area contributed by atoms with E-state index in [0.29, 0.717) is 0 Å². The molecule has 0 spiro atoms. The number of aliphatic hydroxyl groups is 1. The highest BCUT2D eigenvalue weighted by atomic mass is 35.5. The van der Waals surface area contributed by atoms with Gasteiger partial charge in [-0.3, -0.25) is 9.59 Å². The number of rotatable bonds is 3. The van der Waals surface area contributed by atoms with Crippen LogP contribution in [0, 0.1) is 0 Å². The van der Waals surface area contributed by atoms with Gasteiger partial charge in [0.15, 0.2) is 0 Å². The number of carbonyl (C=O) groups excluding carboxylic acids is 2. The average molecular weight is 298 g/mol. The Morgan fingerprint density at radius 3 is 2.12 bits per heavy atom. The number of aliphatic hydroxyl groups excluding tert-OH is 1. The molecule has 0 aliphatic carbocycles. The Labute approximate surface area is 111 Å². The molecule has 0 bridgehead atoms. The molecule has 92 valence electrons. The molecule has 8 heteroatoms. The third-order valence-electron chi connectivity index (χ3n) is 1.77. The lowest BCUT2D eigenvalue weighted by Crippen LogP contribution is -2.39. The Morgan fingerprint density at radius 1 is 1.24 bits per heavy atom. The fourth-order valence-corrected chi connectivity index (χ4v) is 1.56. The van der Waals surface area contributed by atoms with Crippen LogP contribution in [0.25, 0.3) is 0 Å². The van der Waals surface area contributed by atoms with Gasteiger partial charge in [0, 0.05) is 5.69 Å². The number of amides is 2. The molecule has 2 amide bonds. The maximum Gasteiger partial charge on any atom is 0.263 e. The number of benzene rings is 1. The Kier molecular flexibility index (Phi) is 4.59. The Balaban J connectivity index is 2.90. The highest BCUT2D eigenvalue weighted by Gasteiger charge is 2.21. The van der Waals surface area contributed by atoms with Crippen molar-refractivity contribution in [2.45, 2.75) is 6.10 Å². The van der Waals surface area contributed by atoms with Crippen LogP contribution in [0.1, 0.15) is 0 Å². The monoisotopic (exact) mass is 296 g/mol. The molecular formula is C9H7Cl3N2O3. The van der Waals surface area contributed by atoms with E-state index in [9.17, 15) is 9.59 Å². The van der Waals surface area contributed by atoms with Crippen LogP contribution in [0.2, 0.25) is 15.1 Å². The van der Waals surface area contributed by atoms with Crippen LogP contribution in [0.5, 0.6) is 0 Å². The highest BCUT2D eigenvalue weighted by molar-refractivity contribution is 6.48. The minimum Gasteiger partial charge on any atom is -0.375 e. The lowest BCUT2D eigenvalue weighted by Gasteiger charge is -2.09. The first-order valence-corrected chi connectivity index (χ1v) is 5.39. The van der Waals surface area contributed by atoms with Crippen molar-refractivity contribution in [3.63, 3.8) is 0 Å². The summed E-state index contributed by atoms with van der Waals surface area (Å²) in [7, 11) is 0. The summed E-state index contributed by atoms with van der Waals surface area (Å²) in [6.07, 6.45) is -1.94. The zero-order valence-corrected chi connectivity index (χ0v) is 10.5. The SMILES string of the molecule is NC(=O)C(O)C(=O)Nc1cc(Cl)c(Cl)c(Cl)c1. The van der Waals surface area contributed by atoms with Crippen LogP contribution in [0.15, 0.2) is 12.1 Å². The van der Waals surface area contributed by atoms with E-state index in [-0.39, 0.29) is 20.8 Å². The largest absolute Gasteiger partial charge is 0.375 e. The van der Waals surface area contributed by atoms with Crippen LogP contribution in [-0.4, -0.2) is 23.0 Å². The molecule has 0 aliphatic heterocycles. The molecule has 1 rings (SSSR count). The Hall–Kier alpha value is -1.01. The number of primary amides is 1. The number of nitrogens with two attached hydrogens (primary N) is 1. The molecule has 17 heavy (non-hydrogen) atoms. The number of carbonyl (C=O) groups is 2. The van der Waals surface area contributed by atoms with E-state index in [1.54, 1.807) is 0 Å². The van der Waals surface area contributed by atoms with Crippen LogP contribution >= 0.6 is 34.8 Å². The number of anilines is 1. The van der Waals surface area contributed by atoms with Gasteiger partial charge in [-0.1, -0.05) is 34.8 Å². The molecule has 5 nitrogen and oxygen atoms in total. The smallest absolute Gasteiger partial charge is 0.263 e. The number of halogens is 3. The first-order valence-electron chi connectivity index (χ1n) is 4.25. The first-order chi connectivity index (χ1) is 7.82. The molecule has 1 aromatic rings. The fourth-order valence-electron chi connectivity index (χ4n) is 0.968. The second-order valence-electron chi connectivity index (χ2n) is 3.05. The van der Waals surface area contributed by atoms with Crippen LogP contribution in [0.3, 0.4) is 0 Å². The highest BCUT2D eigenvalue weighted by Crippen LogP contribution is 2.33. The molecule has 0 aliphatic rings. The van der Waals surface area contributed by atoms with E-state index < -0.39 is 17.9 Å². The van der Waals surface area contributed by atoms with Crippen molar-refractivity contribution in [3.05, 3.63) is 27.2 Å². The summed E-state index contributed by atoms with van der Waals surface area (Å²) in [6.45, 7) is 0. The third-order valence-corrected chi connectivity index (χ3v) is 2.97. The normalized spacial score (nSPS) is 12.0. The van der Waals surface area contributed by atoms with Crippen molar-refractivity contribution >= 4 is 52.3 Å². The summed E-state index contributed by atoms with van der Waals surface area (Å²) in [5.74, 6) is -2.14. The van der Waals surface area contributed by atoms with Gasteiger partial charge in [0.2, 0.25) is 6.10 Å². The van der Waals surface area contributed by atoms with Crippen molar-refractivity contribution in [2.24, 2.45) is 5.73 Å². The van der Waals surface area contributed by atoms with Crippen molar-refractivity contribution in [3.8, 4) is 0 Å². The summed E-state index contributed by atoms with van der Waals surface area (Å²) in [5, 5.41) is 11.7. The number of hydrogen-bond acceptors (Lipinski definition) is 3. The zero-order valence-electron chi connectivity index (χ0n) is 8.21.